The molecule has 1 aromatic carbocycles. The number of hydrogen-bond acceptors (Lipinski definition) is 5. The molecule has 0 fully saturated rings. The Kier molecular flexibility index (Phi) is 4.82. The number of likely N-dealkylation sites (N-methyl/N-ethyl adjacent to an activating group) is 1. The van der Waals surface area contributed by atoms with Gasteiger partial charge in [-0.2, -0.15) is 0 Å². The Morgan fingerprint density at radius 2 is 2.09 bits per heavy atom. The molecule has 0 saturated carbocycles. The summed E-state index contributed by atoms with van der Waals surface area (Å²) in [5.74, 6) is -1.33. The molecule has 1 atom stereocenters. The summed E-state index contributed by atoms with van der Waals surface area (Å²) in [6, 6.07) is 7.06. The number of carboxylic acids is 1. The lowest BCUT2D eigenvalue weighted by molar-refractivity contribution is -0.137. The molecule has 0 spiro atoms. The summed E-state index contributed by atoms with van der Waals surface area (Å²) in [5.41, 5.74) is 0.688. The van der Waals surface area contributed by atoms with Gasteiger partial charge in [0.2, 0.25) is 5.91 Å². The second kappa shape index (κ2) is 6.79. The maximum Gasteiger partial charge on any atom is 0.322 e. The summed E-state index contributed by atoms with van der Waals surface area (Å²) in [5, 5.41) is 13.4. The Bertz CT molecular complexity index is 590. The Labute approximate surface area is 127 Å². The van der Waals surface area contributed by atoms with Crippen LogP contribution in [0, 0.1) is 0 Å². The zero-order valence-corrected chi connectivity index (χ0v) is 12.0. The number of carbonyl (C=O) groups excluding carboxylic acids is 2. The van der Waals surface area contributed by atoms with Crippen molar-refractivity contribution in [2.45, 2.75) is 6.10 Å². The van der Waals surface area contributed by atoms with Gasteiger partial charge in [0.15, 0.2) is 6.10 Å². The van der Waals surface area contributed by atoms with Gasteiger partial charge in [0.25, 0.3) is 5.91 Å². The second-order valence-corrected chi connectivity index (χ2v) is 4.74. The highest BCUT2D eigenvalue weighted by Crippen LogP contribution is 2.32. The van der Waals surface area contributed by atoms with Gasteiger partial charge in [0.05, 0.1) is 18.8 Å². The van der Waals surface area contributed by atoms with Crippen molar-refractivity contribution in [1.29, 1.82) is 0 Å². The Hall–Kier alpha value is -2.77. The number of carbonyl (C=O) groups is 3. The number of amides is 2. The van der Waals surface area contributed by atoms with Crippen molar-refractivity contribution in [3.05, 3.63) is 24.3 Å². The summed E-state index contributed by atoms with van der Waals surface area (Å²) in [7, 11) is 1.51. The molecule has 1 aromatic rings. The number of fused-ring (bicyclic) bond motifs is 1. The first-order valence-corrected chi connectivity index (χ1v) is 6.72. The maximum absolute atomic E-state index is 11.8. The van der Waals surface area contributed by atoms with E-state index in [1.165, 1.54) is 7.05 Å². The number of aliphatic carboxylic acids is 1. The summed E-state index contributed by atoms with van der Waals surface area (Å²) in [4.78, 5) is 35.8. The molecule has 118 valence electrons. The van der Waals surface area contributed by atoms with Crippen molar-refractivity contribution in [3.8, 4) is 5.75 Å². The fraction of sp³-hybridized carbons (Fsp3) is 0.357. The lowest BCUT2D eigenvalue weighted by Gasteiger charge is -2.34. The van der Waals surface area contributed by atoms with Gasteiger partial charge in [-0.05, 0) is 12.1 Å². The van der Waals surface area contributed by atoms with E-state index in [4.69, 9.17) is 9.84 Å². The van der Waals surface area contributed by atoms with E-state index in [1.54, 1.807) is 29.2 Å². The zero-order chi connectivity index (χ0) is 16.1. The van der Waals surface area contributed by atoms with Crippen LogP contribution < -0.4 is 20.3 Å². The monoisotopic (exact) mass is 307 g/mol. The van der Waals surface area contributed by atoms with Gasteiger partial charge in [-0.1, -0.05) is 12.1 Å². The molecule has 0 bridgehead atoms. The van der Waals surface area contributed by atoms with Crippen LogP contribution in [-0.4, -0.2) is 55.7 Å². The fourth-order valence-electron chi connectivity index (χ4n) is 2.16. The molecule has 1 aliphatic rings. The summed E-state index contributed by atoms with van der Waals surface area (Å²) in [6.07, 6.45) is -0.729. The molecule has 1 heterocycles. The van der Waals surface area contributed by atoms with Crippen LogP contribution in [0.15, 0.2) is 24.3 Å². The summed E-state index contributed by atoms with van der Waals surface area (Å²) >= 11 is 0. The number of ether oxygens (including phenoxy) is 1. The van der Waals surface area contributed by atoms with Gasteiger partial charge >= 0.3 is 5.97 Å². The molecule has 1 unspecified atom stereocenters. The molecule has 22 heavy (non-hydrogen) atoms. The van der Waals surface area contributed by atoms with Crippen molar-refractivity contribution < 1.29 is 24.2 Å². The molecular weight excluding hydrogens is 290 g/mol. The molecule has 2 amide bonds. The number of para-hydroxylation sites is 2. The van der Waals surface area contributed by atoms with Crippen molar-refractivity contribution in [2.75, 3.05) is 31.6 Å². The van der Waals surface area contributed by atoms with Crippen LogP contribution in [-0.2, 0) is 14.4 Å². The van der Waals surface area contributed by atoms with Crippen molar-refractivity contribution in [1.82, 2.24) is 10.6 Å². The van der Waals surface area contributed by atoms with Crippen LogP contribution in [0.3, 0.4) is 0 Å². The maximum atomic E-state index is 11.8. The number of anilines is 1. The number of carboxylic acid groups (broad SMARTS) is 1. The van der Waals surface area contributed by atoms with Gasteiger partial charge in [-0.25, -0.2) is 0 Å². The van der Waals surface area contributed by atoms with Crippen LogP contribution in [0.2, 0.25) is 0 Å². The highest BCUT2D eigenvalue weighted by molar-refractivity contribution is 5.87. The quantitative estimate of drug-likeness (QED) is 0.657. The predicted octanol–water partition coefficient (Wildman–Crippen LogP) is -0.799. The van der Waals surface area contributed by atoms with E-state index in [0.29, 0.717) is 11.4 Å². The Morgan fingerprint density at radius 3 is 2.77 bits per heavy atom. The van der Waals surface area contributed by atoms with Gasteiger partial charge < -0.3 is 25.4 Å². The highest BCUT2D eigenvalue weighted by atomic mass is 16.5. The number of rotatable bonds is 5. The van der Waals surface area contributed by atoms with E-state index in [9.17, 15) is 14.4 Å². The number of hydrogen-bond donors (Lipinski definition) is 3. The largest absolute Gasteiger partial charge is 0.480 e. The topological polar surface area (TPSA) is 108 Å². The molecule has 0 aromatic heterocycles. The van der Waals surface area contributed by atoms with Crippen LogP contribution in [0.5, 0.6) is 5.75 Å². The molecule has 0 aliphatic carbocycles. The number of nitrogens with zero attached hydrogens (tertiary/aromatic N) is 1. The van der Waals surface area contributed by atoms with Gasteiger partial charge in [0.1, 0.15) is 12.3 Å². The third kappa shape index (κ3) is 3.66. The van der Waals surface area contributed by atoms with Crippen molar-refractivity contribution in [3.63, 3.8) is 0 Å². The van der Waals surface area contributed by atoms with E-state index in [1.807, 2.05) is 0 Å². The molecule has 2 rings (SSSR count). The van der Waals surface area contributed by atoms with Crippen LogP contribution in [0.4, 0.5) is 5.69 Å². The standard InChI is InChI=1S/C14H17N3O5/c1-15-14(21)11-7-17(8-12(18)16-6-13(19)20)9-4-2-3-5-10(9)22-11/h2-5,11H,6-8H2,1H3,(H,15,21)(H,16,18)(H,19,20). The normalized spacial score (nSPS) is 16.2. The van der Waals surface area contributed by atoms with Crippen LogP contribution in [0.25, 0.3) is 0 Å². The predicted molar refractivity (Wildman–Crippen MR) is 77.8 cm³/mol. The Morgan fingerprint density at radius 1 is 1.36 bits per heavy atom. The highest BCUT2D eigenvalue weighted by Gasteiger charge is 2.30. The molecule has 8 nitrogen and oxygen atoms in total. The lowest BCUT2D eigenvalue weighted by Crippen LogP contribution is -2.50. The average molecular weight is 307 g/mol. The average Bonchev–Trinajstić information content (AvgIpc) is 2.52. The van der Waals surface area contributed by atoms with Crippen LogP contribution in [0.1, 0.15) is 0 Å². The summed E-state index contributed by atoms with van der Waals surface area (Å²) < 4.78 is 5.62. The molecule has 1 aliphatic heterocycles. The SMILES string of the molecule is CNC(=O)C1CN(CC(=O)NCC(=O)O)c2ccccc2O1. The zero-order valence-electron chi connectivity index (χ0n) is 12.0. The summed E-state index contributed by atoms with van der Waals surface area (Å²) in [6.45, 7) is -0.290. The van der Waals surface area contributed by atoms with E-state index in [-0.39, 0.29) is 19.0 Å². The number of benzene rings is 1. The van der Waals surface area contributed by atoms with Crippen LogP contribution >= 0.6 is 0 Å². The smallest absolute Gasteiger partial charge is 0.322 e. The van der Waals surface area contributed by atoms with Crippen molar-refractivity contribution in [2.24, 2.45) is 0 Å². The van der Waals surface area contributed by atoms with E-state index in [0.717, 1.165) is 0 Å². The van der Waals surface area contributed by atoms with Gasteiger partial charge in [-0.15, -0.1) is 0 Å². The Balaban J connectivity index is 2.12. The first-order chi connectivity index (χ1) is 10.5. The van der Waals surface area contributed by atoms with E-state index in [2.05, 4.69) is 10.6 Å². The minimum atomic E-state index is -1.11. The third-order valence-corrected chi connectivity index (χ3v) is 3.17. The molecule has 3 N–H and O–H groups in total. The lowest BCUT2D eigenvalue weighted by atomic mass is 10.1. The first-order valence-electron chi connectivity index (χ1n) is 6.72. The van der Waals surface area contributed by atoms with Gasteiger partial charge in [-0.3, -0.25) is 14.4 Å². The molecule has 8 heteroatoms. The minimum absolute atomic E-state index is 0.0544. The molecule has 0 radical (unpaired) electrons. The molecule has 0 saturated heterocycles. The second-order valence-electron chi connectivity index (χ2n) is 4.74. The van der Waals surface area contributed by atoms with Crippen molar-refractivity contribution >= 4 is 23.5 Å². The minimum Gasteiger partial charge on any atom is -0.480 e. The first kappa shape index (κ1) is 15.6. The molecular formula is C14H17N3O5. The fourth-order valence-corrected chi connectivity index (χ4v) is 2.16. The third-order valence-electron chi connectivity index (χ3n) is 3.17. The van der Waals surface area contributed by atoms with E-state index < -0.39 is 24.5 Å². The van der Waals surface area contributed by atoms with E-state index >= 15 is 0 Å². The number of nitrogens with one attached hydrogen (secondary N) is 2. The van der Waals surface area contributed by atoms with Gasteiger partial charge in [0, 0.05) is 7.05 Å².